The summed E-state index contributed by atoms with van der Waals surface area (Å²) in [6.07, 6.45) is 0. The molecule has 0 spiro atoms. The molecule has 8 nitrogen and oxygen atoms in total. The lowest BCUT2D eigenvalue weighted by molar-refractivity contribution is -0.390. The van der Waals surface area contributed by atoms with Crippen LogP contribution >= 0.6 is 0 Å². The fourth-order valence-corrected chi connectivity index (χ4v) is 2.70. The highest BCUT2D eigenvalue weighted by atomic mass is 32.2. The van der Waals surface area contributed by atoms with Crippen molar-refractivity contribution in [3.8, 4) is 0 Å². The Labute approximate surface area is 107 Å². The second-order valence-electron chi connectivity index (χ2n) is 3.53. The van der Waals surface area contributed by atoms with Gasteiger partial charge in [0.2, 0.25) is 15.8 Å². The van der Waals surface area contributed by atoms with E-state index in [0.717, 1.165) is 18.2 Å². The molecule has 1 rings (SSSR count). The van der Waals surface area contributed by atoms with Crippen molar-refractivity contribution in [1.82, 2.24) is 4.72 Å². The van der Waals surface area contributed by atoms with Crippen molar-refractivity contribution in [2.45, 2.75) is 10.9 Å². The number of halogens is 1. The van der Waals surface area contributed by atoms with Gasteiger partial charge in [-0.15, -0.1) is 0 Å². The van der Waals surface area contributed by atoms with E-state index in [9.17, 15) is 22.9 Å². The van der Waals surface area contributed by atoms with Gasteiger partial charge in [0, 0.05) is 0 Å². The summed E-state index contributed by atoms with van der Waals surface area (Å²) in [4.78, 5) is 8.66. The number of nitro groups is 1. The average Bonchev–Trinajstić information content (AvgIpc) is 2.35. The van der Waals surface area contributed by atoms with Crippen molar-refractivity contribution >= 4 is 15.7 Å². The zero-order valence-corrected chi connectivity index (χ0v) is 10.3. The van der Waals surface area contributed by atoms with Crippen molar-refractivity contribution in [2.75, 3.05) is 13.2 Å². The summed E-state index contributed by atoms with van der Waals surface area (Å²) in [5, 5.41) is 28.2. The number of aliphatic hydroxyl groups excluding tert-OH is 2. The maximum absolute atomic E-state index is 13.3. The molecule has 0 atom stereocenters. The topological polar surface area (TPSA) is 130 Å². The second-order valence-corrected chi connectivity index (χ2v) is 5.21. The summed E-state index contributed by atoms with van der Waals surface area (Å²) in [5.41, 5.74) is -1.19. The minimum absolute atomic E-state index is 0.709. The quantitative estimate of drug-likeness (QED) is 0.473. The number of aliphatic hydroxyl groups is 2. The summed E-state index contributed by atoms with van der Waals surface area (Å²) in [7, 11) is -4.43. The number of nitro benzene ring substituents is 1. The Hall–Kier alpha value is -1.62. The standard InChI is InChI=1S/C9H11FN2O6S/c10-7-2-1-3-8(9(7)12(15)16)19(17,18)11-6(4-13)5-14/h1-3,6,11,13-14H,4-5H2. The molecule has 0 aromatic heterocycles. The van der Waals surface area contributed by atoms with Gasteiger partial charge in [-0.2, -0.15) is 4.39 Å². The largest absolute Gasteiger partial charge is 0.395 e. The summed E-state index contributed by atoms with van der Waals surface area (Å²) in [5.74, 6) is -1.29. The van der Waals surface area contributed by atoms with Gasteiger partial charge in [-0.25, -0.2) is 13.1 Å². The van der Waals surface area contributed by atoms with E-state index in [1.807, 2.05) is 4.72 Å². The second kappa shape index (κ2) is 6.02. The van der Waals surface area contributed by atoms with Crippen LogP contribution in [0.1, 0.15) is 0 Å². The first-order chi connectivity index (χ1) is 8.83. The molecule has 0 unspecified atom stereocenters. The Balaban J connectivity index is 3.29. The summed E-state index contributed by atoms with van der Waals surface area (Å²) in [6, 6.07) is 1.39. The number of sulfonamides is 1. The van der Waals surface area contributed by atoms with Crippen LogP contribution in [0.2, 0.25) is 0 Å². The zero-order valence-electron chi connectivity index (χ0n) is 9.48. The van der Waals surface area contributed by atoms with Gasteiger partial charge in [0.15, 0.2) is 4.90 Å². The SMILES string of the molecule is O=[N+]([O-])c1c(F)cccc1S(=O)(=O)NC(CO)CO. The molecule has 0 heterocycles. The predicted octanol–water partition coefficient (Wildman–Crippen LogP) is -0.635. The van der Waals surface area contributed by atoms with Gasteiger partial charge in [0.05, 0.1) is 24.2 Å². The molecule has 19 heavy (non-hydrogen) atoms. The lowest BCUT2D eigenvalue weighted by atomic mass is 10.3. The van der Waals surface area contributed by atoms with Crippen LogP contribution in [0.25, 0.3) is 0 Å². The van der Waals surface area contributed by atoms with E-state index >= 15 is 0 Å². The highest BCUT2D eigenvalue weighted by Crippen LogP contribution is 2.26. The van der Waals surface area contributed by atoms with Crippen LogP contribution in [-0.2, 0) is 10.0 Å². The fraction of sp³-hybridized carbons (Fsp3) is 0.333. The maximum atomic E-state index is 13.3. The molecule has 10 heteroatoms. The van der Waals surface area contributed by atoms with Crippen molar-refractivity contribution in [2.24, 2.45) is 0 Å². The van der Waals surface area contributed by atoms with Gasteiger partial charge < -0.3 is 10.2 Å². The molecule has 0 bridgehead atoms. The number of nitrogens with one attached hydrogen (secondary N) is 1. The van der Waals surface area contributed by atoms with E-state index in [1.54, 1.807) is 0 Å². The average molecular weight is 294 g/mol. The van der Waals surface area contributed by atoms with Crippen LogP contribution in [-0.4, -0.2) is 42.8 Å². The van der Waals surface area contributed by atoms with Crippen LogP contribution < -0.4 is 4.72 Å². The normalized spacial score (nSPS) is 11.8. The van der Waals surface area contributed by atoms with E-state index < -0.39 is 50.6 Å². The number of rotatable bonds is 6. The minimum atomic E-state index is -4.43. The van der Waals surface area contributed by atoms with E-state index in [2.05, 4.69) is 0 Å². The molecule has 0 aliphatic rings. The van der Waals surface area contributed by atoms with Crippen LogP contribution in [0.5, 0.6) is 0 Å². The Morgan fingerprint density at radius 1 is 1.37 bits per heavy atom. The fourth-order valence-electron chi connectivity index (χ4n) is 1.30. The lowest BCUT2D eigenvalue weighted by Gasteiger charge is -2.13. The number of para-hydroxylation sites is 1. The molecule has 0 saturated heterocycles. The van der Waals surface area contributed by atoms with Gasteiger partial charge in [-0.3, -0.25) is 10.1 Å². The van der Waals surface area contributed by atoms with Crippen molar-refractivity contribution in [3.05, 3.63) is 34.1 Å². The Kier molecular flexibility index (Phi) is 4.89. The molecule has 106 valence electrons. The van der Waals surface area contributed by atoms with Gasteiger partial charge in [0.1, 0.15) is 0 Å². The number of hydrogen-bond donors (Lipinski definition) is 3. The Bertz CT molecular complexity index is 572. The third-order valence-electron chi connectivity index (χ3n) is 2.18. The predicted molar refractivity (Wildman–Crippen MR) is 61.3 cm³/mol. The number of hydrogen-bond acceptors (Lipinski definition) is 6. The first kappa shape index (κ1) is 15.4. The third-order valence-corrected chi connectivity index (χ3v) is 3.74. The summed E-state index contributed by atoms with van der Waals surface area (Å²) in [6.45, 7) is -1.42. The van der Waals surface area contributed by atoms with Crippen molar-refractivity contribution < 1.29 is 27.9 Å². The molecule has 0 aliphatic carbocycles. The van der Waals surface area contributed by atoms with Crippen LogP contribution in [0.4, 0.5) is 10.1 Å². The van der Waals surface area contributed by atoms with Gasteiger partial charge >= 0.3 is 5.69 Å². The molecule has 0 fully saturated rings. The smallest absolute Gasteiger partial charge is 0.324 e. The molecule has 0 amide bonds. The highest BCUT2D eigenvalue weighted by molar-refractivity contribution is 7.89. The third kappa shape index (κ3) is 3.44. The van der Waals surface area contributed by atoms with Crippen LogP contribution in [0.3, 0.4) is 0 Å². The molecular formula is C9H11FN2O6S. The zero-order chi connectivity index (χ0) is 14.6. The Morgan fingerprint density at radius 2 is 1.95 bits per heavy atom. The first-order valence-electron chi connectivity index (χ1n) is 5.00. The molecule has 3 N–H and O–H groups in total. The van der Waals surface area contributed by atoms with Crippen LogP contribution in [0.15, 0.2) is 23.1 Å². The summed E-state index contributed by atoms with van der Waals surface area (Å²) < 4.78 is 38.8. The minimum Gasteiger partial charge on any atom is -0.395 e. The maximum Gasteiger partial charge on any atom is 0.324 e. The van der Waals surface area contributed by atoms with Crippen molar-refractivity contribution in [1.29, 1.82) is 0 Å². The van der Waals surface area contributed by atoms with Crippen LogP contribution in [0, 0.1) is 15.9 Å². The molecule has 0 radical (unpaired) electrons. The van der Waals surface area contributed by atoms with E-state index in [1.165, 1.54) is 0 Å². The van der Waals surface area contributed by atoms with Gasteiger partial charge in [-0.1, -0.05) is 6.07 Å². The molecular weight excluding hydrogens is 283 g/mol. The molecule has 1 aromatic carbocycles. The number of benzene rings is 1. The molecule has 0 aliphatic heterocycles. The van der Waals surface area contributed by atoms with E-state index in [-0.39, 0.29) is 0 Å². The Morgan fingerprint density at radius 3 is 2.42 bits per heavy atom. The van der Waals surface area contributed by atoms with Crippen molar-refractivity contribution in [3.63, 3.8) is 0 Å². The number of nitrogens with zero attached hydrogens (tertiary/aromatic N) is 1. The van der Waals surface area contributed by atoms with E-state index in [0.29, 0.717) is 0 Å². The van der Waals surface area contributed by atoms with Gasteiger partial charge in [-0.05, 0) is 12.1 Å². The highest BCUT2D eigenvalue weighted by Gasteiger charge is 2.30. The summed E-state index contributed by atoms with van der Waals surface area (Å²) >= 11 is 0. The van der Waals surface area contributed by atoms with E-state index in [4.69, 9.17) is 10.2 Å². The van der Waals surface area contributed by atoms with Gasteiger partial charge in [0.25, 0.3) is 0 Å². The molecule has 0 saturated carbocycles. The first-order valence-corrected chi connectivity index (χ1v) is 6.48. The lowest BCUT2D eigenvalue weighted by Crippen LogP contribution is -2.40. The molecule has 1 aromatic rings. The monoisotopic (exact) mass is 294 g/mol.